The van der Waals surface area contributed by atoms with Crippen LogP contribution in [0.3, 0.4) is 0 Å². The minimum absolute atomic E-state index is 0.369. The molecule has 22 heavy (non-hydrogen) atoms. The summed E-state index contributed by atoms with van der Waals surface area (Å²) in [6.45, 7) is 6.60. The zero-order valence-electron chi connectivity index (χ0n) is 13.6. The van der Waals surface area contributed by atoms with Gasteiger partial charge in [-0.3, -0.25) is 0 Å². The van der Waals surface area contributed by atoms with Gasteiger partial charge >= 0.3 is 0 Å². The van der Waals surface area contributed by atoms with E-state index in [1.165, 1.54) is 28.1 Å². The van der Waals surface area contributed by atoms with Crippen molar-refractivity contribution >= 4 is 11.4 Å². The second-order valence-corrected chi connectivity index (χ2v) is 6.03. The maximum absolute atomic E-state index is 2.44. The van der Waals surface area contributed by atoms with Gasteiger partial charge in [-0.05, 0) is 68.1 Å². The number of anilines is 2. The lowest BCUT2D eigenvalue weighted by Gasteiger charge is -2.33. The Hall–Kier alpha value is -2.28. The Kier molecular flexibility index (Phi) is 4.15. The van der Waals surface area contributed by atoms with Crippen LogP contribution in [0.4, 0.5) is 11.4 Å². The topological polar surface area (TPSA) is 3.24 Å². The van der Waals surface area contributed by atoms with E-state index in [0.717, 1.165) is 6.42 Å². The molecule has 1 heteroatoms. The number of aryl methyl sites for hydroxylation is 2. The second kappa shape index (κ2) is 6.23. The van der Waals surface area contributed by atoms with E-state index in [9.17, 15) is 0 Å². The van der Waals surface area contributed by atoms with Gasteiger partial charge in [-0.25, -0.2) is 0 Å². The molecule has 0 fully saturated rings. The highest BCUT2D eigenvalue weighted by molar-refractivity contribution is 5.67. The molecule has 1 unspecified atom stereocenters. The van der Waals surface area contributed by atoms with Crippen LogP contribution in [-0.4, -0.2) is 6.04 Å². The van der Waals surface area contributed by atoms with E-state index in [0.29, 0.717) is 6.04 Å². The first-order valence-electron chi connectivity index (χ1n) is 7.92. The fourth-order valence-corrected chi connectivity index (χ4v) is 3.03. The predicted molar refractivity (Wildman–Crippen MR) is 95.9 cm³/mol. The van der Waals surface area contributed by atoms with Crippen molar-refractivity contribution in [1.29, 1.82) is 0 Å². The molecule has 1 aliphatic carbocycles. The quantitative estimate of drug-likeness (QED) is 0.707. The fraction of sp³-hybridized carbons (Fsp3) is 0.238. The smallest absolute Gasteiger partial charge is 0.0559 e. The molecule has 1 atom stereocenters. The molecule has 0 amide bonds. The molecule has 0 saturated carbocycles. The summed E-state index contributed by atoms with van der Waals surface area (Å²) in [5, 5.41) is 0. The maximum atomic E-state index is 2.44. The lowest BCUT2D eigenvalue weighted by molar-refractivity contribution is 0.784. The molecule has 0 aliphatic heterocycles. The molecular formula is C21H23N. The van der Waals surface area contributed by atoms with Gasteiger partial charge in [0, 0.05) is 11.4 Å². The summed E-state index contributed by atoms with van der Waals surface area (Å²) in [7, 11) is 0. The summed E-state index contributed by atoms with van der Waals surface area (Å²) in [5.74, 6) is 0. The Labute approximate surface area is 133 Å². The zero-order valence-corrected chi connectivity index (χ0v) is 13.6. The Bertz CT molecular complexity index is 687. The van der Waals surface area contributed by atoms with Crippen LogP contribution < -0.4 is 4.90 Å². The van der Waals surface area contributed by atoms with Gasteiger partial charge in [-0.1, -0.05) is 42.5 Å². The Morgan fingerprint density at radius 1 is 0.864 bits per heavy atom. The normalized spacial score (nSPS) is 16.8. The number of hydrogen-bond acceptors (Lipinski definition) is 1. The van der Waals surface area contributed by atoms with E-state index in [-0.39, 0.29) is 0 Å². The fourth-order valence-electron chi connectivity index (χ4n) is 3.03. The molecule has 1 aliphatic rings. The van der Waals surface area contributed by atoms with Gasteiger partial charge in [0.15, 0.2) is 0 Å². The van der Waals surface area contributed by atoms with Crippen molar-refractivity contribution in [2.75, 3.05) is 4.90 Å². The van der Waals surface area contributed by atoms with E-state index < -0.39 is 0 Å². The van der Waals surface area contributed by atoms with Crippen LogP contribution >= 0.6 is 0 Å². The van der Waals surface area contributed by atoms with Crippen molar-refractivity contribution in [2.24, 2.45) is 0 Å². The monoisotopic (exact) mass is 289 g/mol. The molecule has 2 aromatic carbocycles. The highest BCUT2D eigenvalue weighted by Gasteiger charge is 2.19. The lowest BCUT2D eigenvalue weighted by Crippen LogP contribution is -2.29. The van der Waals surface area contributed by atoms with Crippen molar-refractivity contribution in [3.63, 3.8) is 0 Å². The van der Waals surface area contributed by atoms with E-state index in [4.69, 9.17) is 0 Å². The number of nitrogens with zero attached hydrogens (tertiary/aromatic N) is 1. The largest absolute Gasteiger partial charge is 0.334 e. The van der Waals surface area contributed by atoms with Crippen LogP contribution in [0.25, 0.3) is 0 Å². The number of hydrogen-bond donors (Lipinski definition) is 0. The van der Waals surface area contributed by atoms with Crippen molar-refractivity contribution in [1.82, 2.24) is 0 Å². The van der Waals surface area contributed by atoms with Gasteiger partial charge in [0.2, 0.25) is 0 Å². The summed E-state index contributed by atoms with van der Waals surface area (Å²) in [4.78, 5) is 2.44. The molecule has 1 nitrogen and oxygen atoms in total. The molecule has 0 heterocycles. The predicted octanol–water partition coefficient (Wildman–Crippen LogP) is 5.63. The van der Waals surface area contributed by atoms with Crippen LogP contribution in [0.2, 0.25) is 0 Å². The molecule has 0 radical (unpaired) electrons. The first-order valence-corrected chi connectivity index (χ1v) is 7.92. The molecule has 112 valence electrons. The van der Waals surface area contributed by atoms with E-state index in [1.54, 1.807) is 0 Å². The first-order chi connectivity index (χ1) is 10.7. The average molecular weight is 289 g/mol. The van der Waals surface area contributed by atoms with Gasteiger partial charge in [-0.15, -0.1) is 0 Å². The molecule has 0 N–H and O–H groups in total. The van der Waals surface area contributed by atoms with Gasteiger partial charge in [0.1, 0.15) is 0 Å². The zero-order chi connectivity index (χ0) is 15.5. The van der Waals surface area contributed by atoms with Crippen LogP contribution in [0.15, 0.2) is 66.8 Å². The molecule has 0 aromatic heterocycles. The maximum Gasteiger partial charge on any atom is 0.0559 e. The summed E-state index contributed by atoms with van der Waals surface area (Å²) in [6, 6.07) is 15.7. The summed E-state index contributed by atoms with van der Waals surface area (Å²) < 4.78 is 0. The third-order valence-corrected chi connectivity index (χ3v) is 4.51. The first kappa shape index (κ1) is 14.6. The van der Waals surface area contributed by atoms with E-state index in [1.807, 2.05) is 0 Å². The summed E-state index contributed by atoms with van der Waals surface area (Å²) in [6.07, 6.45) is 9.85. The lowest BCUT2D eigenvalue weighted by atomic mass is 10.00. The second-order valence-electron chi connectivity index (χ2n) is 6.03. The number of para-hydroxylation sites is 1. The van der Waals surface area contributed by atoms with Crippen LogP contribution in [0.5, 0.6) is 0 Å². The van der Waals surface area contributed by atoms with E-state index >= 15 is 0 Å². The third-order valence-electron chi connectivity index (χ3n) is 4.51. The minimum Gasteiger partial charge on any atom is -0.334 e. The van der Waals surface area contributed by atoms with Crippen molar-refractivity contribution in [3.8, 4) is 0 Å². The SMILES string of the molecule is Cc1cc(N(c2ccccc2)C2C=CC=CC2)cc(C)c1C. The standard InChI is InChI=1S/C21H23N/c1-16-14-21(15-17(2)18(16)3)22(19-10-6-4-7-11-19)20-12-8-5-9-13-20/h4-12,14-15,20H,13H2,1-3H3. The Balaban J connectivity index is 2.09. The molecule has 0 spiro atoms. The van der Waals surface area contributed by atoms with Crippen molar-refractivity contribution < 1.29 is 0 Å². The minimum atomic E-state index is 0.369. The average Bonchev–Trinajstić information content (AvgIpc) is 2.55. The molecule has 0 saturated heterocycles. The van der Waals surface area contributed by atoms with Gasteiger partial charge in [-0.2, -0.15) is 0 Å². The molecular weight excluding hydrogens is 266 g/mol. The summed E-state index contributed by atoms with van der Waals surface area (Å²) in [5.41, 5.74) is 6.61. The van der Waals surface area contributed by atoms with Gasteiger partial charge in [0.05, 0.1) is 6.04 Å². The van der Waals surface area contributed by atoms with Crippen LogP contribution in [0, 0.1) is 20.8 Å². The Morgan fingerprint density at radius 2 is 1.55 bits per heavy atom. The molecule has 3 rings (SSSR count). The number of allylic oxidation sites excluding steroid dienone is 2. The van der Waals surface area contributed by atoms with Gasteiger partial charge < -0.3 is 4.90 Å². The van der Waals surface area contributed by atoms with Crippen molar-refractivity contribution in [2.45, 2.75) is 33.2 Å². The number of benzene rings is 2. The highest BCUT2D eigenvalue weighted by Crippen LogP contribution is 2.33. The number of rotatable bonds is 3. The van der Waals surface area contributed by atoms with E-state index in [2.05, 4.69) is 92.4 Å². The third kappa shape index (κ3) is 2.85. The van der Waals surface area contributed by atoms with Crippen LogP contribution in [0.1, 0.15) is 23.1 Å². The molecule has 2 aromatic rings. The Morgan fingerprint density at radius 3 is 2.14 bits per heavy atom. The summed E-state index contributed by atoms with van der Waals surface area (Å²) >= 11 is 0. The van der Waals surface area contributed by atoms with Crippen molar-refractivity contribution in [3.05, 3.63) is 83.5 Å². The van der Waals surface area contributed by atoms with Crippen LogP contribution in [-0.2, 0) is 0 Å². The highest BCUT2D eigenvalue weighted by atomic mass is 15.2. The molecule has 0 bridgehead atoms. The van der Waals surface area contributed by atoms with Gasteiger partial charge in [0.25, 0.3) is 0 Å².